The van der Waals surface area contributed by atoms with Gasteiger partial charge >= 0.3 is 0 Å². The fraction of sp³-hybridized carbons (Fsp3) is 0.333. The molecule has 0 aliphatic carbocycles. The first-order chi connectivity index (χ1) is 6.15. The lowest BCUT2D eigenvalue weighted by Gasteiger charge is -2.02. The summed E-state index contributed by atoms with van der Waals surface area (Å²) in [7, 11) is 0. The van der Waals surface area contributed by atoms with Gasteiger partial charge in [-0.1, -0.05) is 18.5 Å². The second kappa shape index (κ2) is 4.23. The number of carbonyl (C=O) groups is 1. The van der Waals surface area contributed by atoms with Crippen molar-refractivity contribution in [3.05, 3.63) is 22.8 Å². The molecule has 2 N–H and O–H groups in total. The molecule has 0 aliphatic rings. The molecule has 0 aromatic carbocycles. The molecule has 0 saturated carbocycles. The smallest absolute Gasteiger partial charge is 0.166 e. The van der Waals surface area contributed by atoms with Crippen molar-refractivity contribution in [2.45, 2.75) is 19.8 Å². The van der Waals surface area contributed by atoms with E-state index < -0.39 is 0 Å². The van der Waals surface area contributed by atoms with Gasteiger partial charge in [0.2, 0.25) is 0 Å². The van der Waals surface area contributed by atoms with E-state index in [2.05, 4.69) is 4.98 Å². The van der Waals surface area contributed by atoms with Crippen LogP contribution in [-0.2, 0) is 0 Å². The average Bonchev–Trinajstić information content (AvgIpc) is 2.09. The summed E-state index contributed by atoms with van der Waals surface area (Å²) < 4.78 is 0. The van der Waals surface area contributed by atoms with Gasteiger partial charge in [0.05, 0.1) is 10.6 Å². The molecule has 0 spiro atoms. The fourth-order valence-corrected chi connectivity index (χ4v) is 1.19. The Bertz CT molecular complexity index is 325. The third kappa shape index (κ3) is 2.42. The highest BCUT2D eigenvalue weighted by atomic mass is 35.5. The minimum atomic E-state index is -0.00463. The second-order valence-electron chi connectivity index (χ2n) is 2.76. The van der Waals surface area contributed by atoms with Crippen LogP contribution in [0.5, 0.6) is 0 Å². The van der Waals surface area contributed by atoms with Crippen molar-refractivity contribution in [3.63, 3.8) is 0 Å². The molecule has 0 bridgehead atoms. The van der Waals surface area contributed by atoms with Crippen LogP contribution in [0.15, 0.2) is 12.3 Å². The summed E-state index contributed by atoms with van der Waals surface area (Å²) >= 11 is 5.69. The highest BCUT2D eigenvalue weighted by molar-refractivity contribution is 6.31. The molecule has 0 unspecified atom stereocenters. The predicted molar refractivity (Wildman–Crippen MR) is 52.9 cm³/mol. The van der Waals surface area contributed by atoms with Crippen LogP contribution in [0.4, 0.5) is 5.82 Å². The Morgan fingerprint density at radius 3 is 3.00 bits per heavy atom. The summed E-state index contributed by atoms with van der Waals surface area (Å²) in [6, 6.07) is 1.56. The predicted octanol–water partition coefficient (Wildman–Crippen LogP) is 2.30. The van der Waals surface area contributed by atoms with E-state index in [1.807, 2.05) is 6.92 Å². The number of nitrogens with two attached hydrogens (primary N) is 1. The van der Waals surface area contributed by atoms with Crippen molar-refractivity contribution >= 4 is 23.2 Å². The molecular formula is C9H11ClN2O. The molecule has 1 aromatic rings. The van der Waals surface area contributed by atoms with Crippen molar-refractivity contribution < 1.29 is 4.79 Å². The Balaban J connectivity index is 2.99. The molecule has 0 amide bonds. The number of ketones is 1. The van der Waals surface area contributed by atoms with Gasteiger partial charge in [0.15, 0.2) is 5.78 Å². The summed E-state index contributed by atoms with van der Waals surface area (Å²) in [4.78, 5) is 15.2. The van der Waals surface area contributed by atoms with Crippen molar-refractivity contribution in [1.29, 1.82) is 0 Å². The van der Waals surface area contributed by atoms with Gasteiger partial charge in [0, 0.05) is 12.6 Å². The minimum absolute atomic E-state index is 0.00463. The summed E-state index contributed by atoms with van der Waals surface area (Å²) in [6.07, 6.45) is 2.70. The van der Waals surface area contributed by atoms with Crippen LogP contribution >= 0.6 is 11.6 Å². The first-order valence-corrected chi connectivity index (χ1v) is 4.47. The second-order valence-corrected chi connectivity index (χ2v) is 3.20. The molecule has 0 atom stereocenters. The van der Waals surface area contributed by atoms with E-state index in [4.69, 9.17) is 17.3 Å². The van der Waals surface area contributed by atoms with E-state index in [0.717, 1.165) is 6.42 Å². The summed E-state index contributed by atoms with van der Waals surface area (Å²) in [5, 5.41) is 0.439. The SMILES string of the molecule is CCCC(=O)c1cc(Cl)cnc1N. The van der Waals surface area contributed by atoms with E-state index in [-0.39, 0.29) is 11.6 Å². The largest absolute Gasteiger partial charge is 0.383 e. The Morgan fingerprint density at radius 1 is 1.69 bits per heavy atom. The number of Topliss-reactive ketones (excluding diaryl/α,β-unsaturated/α-hetero) is 1. The monoisotopic (exact) mass is 198 g/mol. The third-order valence-electron chi connectivity index (χ3n) is 1.66. The molecule has 1 rings (SSSR count). The normalized spacial score (nSPS) is 10.0. The van der Waals surface area contributed by atoms with Gasteiger partial charge < -0.3 is 5.73 Å². The zero-order valence-electron chi connectivity index (χ0n) is 7.38. The molecule has 1 aromatic heterocycles. The van der Waals surface area contributed by atoms with Gasteiger partial charge in [-0.3, -0.25) is 4.79 Å². The molecule has 0 radical (unpaired) electrons. The molecule has 0 saturated heterocycles. The number of hydrogen-bond donors (Lipinski definition) is 1. The number of carbonyl (C=O) groups excluding carboxylic acids is 1. The van der Waals surface area contributed by atoms with Gasteiger partial charge in [0.1, 0.15) is 5.82 Å². The Kier molecular flexibility index (Phi) is 3.25. The molecule has 0 fully saturated rings. The standard InChI is InChI=1S/C9H11ClN2O/c1-2-3-8(13)7-4-6(10)5-12-9(7)11/h4-5H,2-3H2,1H3,(H2,11,12). The quantitative estimate of drug-likeness (QED) is 0.759. The van der Waals surface area contributed by atoms with Crippen LogP contribution in [0.25, 0.3) is 0 Å². The first-order valence-electron chi connectivity index (χ1n) is 4.09. The number of nitrogen functional groups attached to an aromatic ring is 1. The number of pyridine rings is 1. The number of rotatable bonds is 3. The highest BCUT2D eigenvalue weighted by Crippen LogP contribution is 2.16. The van der Waals surface area contributed by atoms with E-state index >= 15 is 0 Å². The maximum Gasteiger partial charge on any atom is 0.166 e. The zero-order valence-corrected chi connectivity index (χ0v) is 8.14. The number of aromatic nitrogens is 1. The summed E-state index contributed by atoms with van der Waals surface area (Å²) in [6.45, 7) is 1.94. The molecule has 3 nitrogen and oxygen atoms in total. The minimum Gasteiger partial charge on any atom is -0.383 e. The number of anilines is 1. The third-order valence-corrected chi connectivity index (χ3v) is 1.87. The zero-order chi connectivity index (χ0) is 9.84. The van der Waals surface area contributed by atoms with Crippen LogP contribution in [0, 0.1) is 0 Å². The van der Waals surface area contributed by atoms with Gasteiger partial charge in [0.25, 0.3) is 0 Å². The molecule has 70 valence electrons. The molecule has 13 heavy (non-hydrogen) atoms. The lowest BCUT2D eigenvalue weighted by atomic mass is 10.1. The number of halogens is 1. The Hall–Kier alpha value is -1.09. The van der Waals surface area contributed by atoms with Crippen molar-refractivity contribution in [1.82, 2.24) is 4.98 Å². The molecule has 0 aliphatic heterocycles. The maximum atomic E-state index is 11.4. The molecule has 4 heteroatoms. The van der Waals surface area contributed by atoms with Gasteiger partial charge in [-0.15, -0.1) is 0 Å². The number of hydrogen-bond acceptors (Lipinski definition) is 3. The number of nitrogens with zero attached hydrogens (tertiary/aromatic N) is 1. The molecule has 1 heterocycles. The highest BCUT2D eigenvalue weighted by Gasteiger charge is 2.09. The van der Waals surface area contributed by atoms with Crippen molar-refractivity contribution in [2.75, 3.05) is 5.73 Å². The topological polar surface area (TPSA) is 56.0 Å². The van der Waals surface area contributed by atoms with Crippen LogP contribution in [-0.4, -0.2) is 10.8 Å². The van der Waals surface area contributed by atoms with E-state index in [1.54, 1.807) is 6.07 Å². The Labute approximate surface area is 81.9 Å². The molecular weight excluding hydrogens is 188 g/mol. The van der Waals surface area contributed by atoms with Crippen LogP contribution in [0.2, 0.25) is 5.02 Å². The van der Waals surface area contributed by atoms with Crippen LogP contribution in [0.1, 0.15) is 30.1 Å². The van der Waals surface area contributed by atoms with Crippen LogP contribution in [0.3, 0.4) is 0 Å². The lowest BCUT2D eigenvalue weighted by molar-refractivity contribution is 0.0982. The van der Waals surface area contributed by atoms with Crippen LogP contribution < -0.4 is 5.73 Å². The van der Waals surface area contributed by atoms with E-state index in [1.165, 1.54) is 6.20 Å². The summed E-state index contributed by atoms with van der Waals surface area (Å²) in [5.74, 6) is 0.248. The fourth-order valence-electron chi connectivity index (χ4n) is 1.03. The van der Waals surface area contributed by atoms with E-state index in [0.29, 0.717) is 17.0 Å². The summed E-state index contributed by atoms with van der Waals surface area (Å²) in [5.41, 5.74) is 5.96. The lowest BCUT2D eigenvalue weighted by Crippen LogP contribution is -2.04. The average molecular weight is 199 g/mol. The van der Waals surface area contributed by atoms with Gasteiger partial charge in [-0.2, -0.15) is 0 Å². The van der Waals surface area contributed by atoms with E-state index in [9.17, 15) is 4.79 Å². The van der Waals surface area contributed by atoms with Gasteiger partial charge in [-0.05, 0) is 12.5 Å². The first kappa shape index (κ1) is 9.99. The van der Waals surface area contributed by atoms with Crippen molar-refractivity contribution in [3.8, 4) is 0 Å². The van der Waals surface area contributed by atoms with Gasteiger partial charge in [-0.25, -0.2) is 4.98 Å². The Morgan fingerprint density at radius 2 is 2.38 bits per heavy atom. The maximum absolute atomic E-state index is 11.4. The van der Waals surface area contributed by atoms with Crippen molar-refractivity contribution in [2.24, 2.45) is 0 Å².